The van der Waals surface area contributed by atoms with E-state index in [-0.39, 0.29) is 11.4 Å². The molecule has 1 aliphatic rings. The van der Waals surface area contributed by atoms with Crippen LogP contribution >= 0.6 is 0 Å². The molecule has 0 amide bonds. The van der Waals surface area contributed by atoms with Gasteiger partial charge in [-0.15, -0.1) is 0 Å². The number of aromatic nitrogens is 5. The van der Waals surface area contributed by atoms with Crippen LogP contribution in [0.1, 0.15) is 68.7 Å². The van der Waals surface area contributed by atoms with Gasteiger partial charge in [0.25, 0.3) is 5.89 Å². The molecule has 0 spiro atoms. The summed E-state index contributed by atoms with van der Waals surface area (Å²) in [6.45, 7) is 11.6. The smallest absolute Gasteiger partial charge is 0.305 e. The molecule has 0 atom stereocenters. The molecule has 4 rings (SSSR count). The van der Waals surface area contributed by atoms with Crippen molar-refractivity contribution in [3.05, 3.63) is 34.3 Å². The normalized spacial score (nSPS) is 14.8. The number of carbonyl (C=O) groups is 1. The zero-order valence-corrected chi connectivity index (χ0v) is 20.5. The van der Waals surface area contributed by atoms with Gasteiger partial charge in [-0.2, -0.15) is 10.1 Å². The van der Waals surface area contributed by atoms with Crippen LogP contribution in [0.3, 0.4) is 0 Å². The van der Waals surface area contributed by atoms with E-state index < -0.39 is 0 Å². The zero-order valence-electron chi connectivity index (χ0n) is 20.5. The molecule has 0 bridgehead atoms. The Morgan fingerprint density at radius 3 is 2.76 bits per heavy atom. The van der Waals surface area contributed by atoms with Crippen LogP contribution in [0.2, 0.25) is 0 Å². The lowest BCUT2D eigenvalue weighted by Gasteiger charge is -2.30. The molecule has 1 aliphatic carbocycles. The highest BCUT2D eigenvalue weighted by atomic mass is 16.5. The largest absolute Gasteiger partial charge is 0.469 e. The van der Waals surface area contributed by atoms with Crippen LogP contribution < -0.4 is 0 Å². The van der Waals surface area contributed by atoms with Gasteiger partial charge in [-0.05, 0) is 56.6 Å². The number of esters is 1. The first-order valence-corrected chi connectivity index (χ1v) is 11.8. The second-order valence-corrected chi connectivity index (χ2v) is 9.51. The number of pyridine rings is 1. The summed E-state index contributed by atoms with van der Waals surface area (Å²) in [5, 5.41) is 9.11. The van der Waals surface area contributed by atoms with Crippen LogP contribution in [0.15, 0.2) is 10.6 Å². The number of carbonyl (C=O) groups excluding carboxylic acids is 1. The fraction of sp³-hybridized carbons (Fsp3) is 0.560. The Hall–Kier alpha value is -3.03. The molecule has 176 valence electrons. The fourth-order valence-electron chi connectivity index (χ4n) is 4.63. The van der Waals surface area contributed by atoms with Crippen molar-refractivity contribution in [2.24, 2.45) is 5.41 Å². The molecule has 33 heavy (non-hydrogen) atoms. The summed E-state index contributed by atoms with van der Waals surface area (Å²) >= 11 is 0. The number of hydrogen-bond donors (Lipinski definition) is 0. The topological polar surface area (TPSA) is 95.9 Å². The van der Waals surface area contributed by atoms with Gasteiger partial charge in [0.2, 0.25) is 5.82 Å². The molecule has 0 radical (unpaired) electrons. The van der Waals surface area contributed by atoms with Crippen molar-refractivity contribution in [1.82, 2.24) is 24.9 Å². The molecule has 0 unspecified atom stereocenters. The summed E-state index contributed by atoms with van der Waals surface area (Å²) in [6.07, 6.45) is 4.73. The van der Waals surface area contributed by atoms with E-state index in [4.69, 9.17) is 24.3 Å². The van der Waals surface area contributed by atoms with E-state index in [0.29, 0.717) is 24.6 Å². The average Bonchev–Trinajstić information content (AvgIpc) is 3.41. The standard InChI is InChI=1S/C25H33N5O3/c1-7-16-13-18(15(3)26-19(16)9-10-21(31)32-6)23-27-24(33-29-23)22-17-11-12-25(4,5)14-20(17)30(8-2)28-22/h13H,7-12,14H2,1-6H3. The summed E-state index contributed by atoms with van der Waals surface area (Å²) in [5.74, 6) is 0.738. The lowest BCUT2D eigenvalue weighted by atomic mass is 9.76. The Kier molecular flexibility index (Phi) is 6.36. The van der Waals surface area contributed by atoms with Gasteiger partial charge in [0.15, 0.2) is 5.69 Å². The van der Waals surface area contributed by atoms with Gasteiger partial charge in [-0.1, -0.05) is 25.9 Å². The van der Waals surface area contributed by atoms with Crippen LogP contribution in [0.4, 0.5) is 0 Å². The van der Waals surface area contributed by atoms with Crippen molar-refractivity contribution < 1.29 is 14.1 Å². The lowest BCUT2D eigenvalue weighted by molar-refractivity contribution is -0.140. The fourth-order valence-corrected chi connectivity index (χ4v) is 4.63. The summed E-state index contributed by atoms with van der Waals surface area (Å²) in [6, 6.07) is 2.06. The Labute approximate surface area is 194 Å². The van der Waals surface area contributed by atoms with Crippen LogP contribution in [-0.4, -0.2) is 38.0 Å². The van der Waals surface area contributed by atoms with Gasteiger partial charge in [-0.25, -0.2) is 0 Å². The lowest BCUT2D eigenvalue weighted by Crippen LogP contribution is -2.24. The maximum Gasteiger partial charge on any atom is 0.305 e. The van der Waals surface area contributed by atoms with Crippen molar-refractivity contribution in [2.75, 3.05) is 7.11 Å². The van der Waals surface area contributed by atoms with E-state index in [1.807, 2.05) is 6.92 Å². The second kappa shape index (κ2) is 9.08. The van der Waals surface area contributed by atoms with E-state index in [9.17, 15) is 4.79 Å². The minimum Gasteiger partial charge on any atom is -0.469 e. The van der Waals surface area contributed by atoms with E-state index in [2.05, 4.69) is 43.6 Å². The third-order valence-corrected chi connectivity index (χ3v) is 6.59. The molecule has 0 saturated heterocycles. The predicted octanol–water partition coefficient (Wildman–Crippen LogP) is 4.51. The van der Waals surface area contributed by atoms with Crippen molar-refractivity contribution in [3.8, 4) is 23.0 Å². The molecule has 0 aromatic carbocycles. The summed E-state index contributed by atoms with van der Waals surface area (Å²) in [5.41, 5.74) is 7.21. The van der Waals surface area contributed by atoms with Gasteiger partial charge in [0, 0.05) is 41.2 Å². The highest BCUT2D eigenvalue weighted by Crippen LogP contribution is 2.39. The van der Waals surface area contributed by atoms with Crippen molar-refractivity contribution in [1.29, 1.82) is 0 Å². The van der Waals surface area contributed by atoms with Crippen molar-refractivity contribution in [2.45, 2.75) is 79.7 Å². The van der Waals surface area contributed by atoms with Crippen molar-refractivity contribution >= 4 is 5.97 Å². The van der Waals surface area contributed by atoms with E-state index >= 15 is 0 Å². The number of fused-ring (bicyclic) bond motifs is 1. The molecule has 8 nitrogen and oxygen atoms in total. The number of methoxy groups -OCH3 is 1. The Morgan fingerprint density at radius 1 is 1.27 bits per heavy atom. The summed E-state index contributed by atoms with van der Waals surface area (Å²) < 4.78 is 12.6. The molecule has 3 aromatic rings. The quantitative estimate of drug-likeness (QED) is 0.488. The summed E-state index contributed by atoms with van der Waals surface area (Å²) in [4.78, 5) is 21.1. The summed E-state index contributed by atoms with van der Waals surface area (Å²) in [7, 11) is 1.40. The molecule has 0 saturated carbocycles. The Morgan fingerprint density at radius 2 is 2.06 bits per heavy atom. The molecule has 0 N–H and O–H groups in total. The first-order chi connectivity index (χ1) is 15.8. The van der Waals surface area contributed by atoms with Gasteiger partial charge >= 0.3 is 5.97 Å². The van der Waals surface area contributed by atoms with Crippen LogP contribution in [0.25, 0.3) is 23.0 Å². The van der Waals surface area contributed by atoms with Crippen LogP contribution in [0, 0.1) is 12.3 Å². The average molecular weight is 452 g/mol. The number of nitrogens with zero attached hydrogens (tertiary/aromatic N) is 5. The predicted molar refractivity (Wildman–Crippen MR) is 125 cm³/mol. The molecule has 0 aliphatic heterocycles. The van der Waals surface area contributed by atoms with Gasteiger partial charge in [-0.3, -0.25) is 14.5 Å². The zero-order chi connectivity index (χ0) is 23.8. The number of aryl methyl sites for hydroxylation is 4. The van der Waals surface area contributed by atoms with Gasteiger partial charge < -0.3 is 9.26 Å². The monoisotopic (exact) mass is 451 g/mol. The molecule has 3 heterocycles. The van der Waals surface area contributed by atoms with E-state index in [0.717, 1.165) is 60.4 Å². The van der Waals surface area contributed by atoms with Gasteiger partial charge in [0.05, 0.1) is 13.5 Å². The highest BCUT2D eigenvalue weighted by Gasteiger charge is 2.32. The maximum absolute atomic E-state index is 11.6. The number of hydrogen-bond acceptors (Lipinski definition) is 7. The maximum atomic E-state index is 11.6. The second-order valence-electron chi connectivity index (χ2n) is 9.51. The van der Waals surface area contributed by atoms with Gasteiger partial charge in [0.1, 0.15) is 0 Å². The third kappa shape index (κ3) is 4.56. The Balaban J connectivity index is 1.67. The van der Waals surface area contributed by atoms with E-state index in [1.54, 1.807) is 0 Å². The van der Waals surface area contributed by atoms with Crippen LogP contribution in [-0.2, 0) is 41.8 Å². The first-order valence-electron chi connectivity index (χ1n) is 11.8. The molecule has 8 heteroatoms. The minimum atomic E-state index is -0.235. The Bertz CT molecular complexity index is 1180. The molecular weight excluding hydrogens is 418 g/mol. The minimum absolute atomic E-state index is 0.235. The number of ether oxygens (including phenoxy) is 1. The molecule has 0 fully saturated rings. The molecular formula is C25H33N5O3. The number of rotatable bonds is 7. The van der Waals surface area contributed by atoms with E-state index in [1.165, 1.54) is 18.4 Å². The van der Waals surface area contributed by atoms with Crippen molar-refractivity contribution in [3.63, 3.8) is 0 Å². The first kappa shape index (κ1) is 23.1. The van der Waals surface area contributed by atoms with Crippen LogP contribution in [0.5, 0.6) is 0 Å². The highest BCUT2D eigenvalue weighted by molar-refractivity contribution is 5.69. The SMILES string of the molecule is CCc1cc(-c2noc(-c3nn(CC)c4c3CCC(C)(C)C4)n2)c(C)nc1CCC(=O)OC. The molecule has 3 aromatic heterocycles. The third-order valence-electron chi connectivity index (χ3n) is 6.59.